The lowest BCUT2D eigenvalue weighted by Crippen LogP contribution is -2.05. The Kier molecular flexibility index (Phi) is 4.19. The van der Waals surface area contributed by atoms with E-state index < -0.39 is 0 Å². The Labute approximate surface area is 116 Å². The fourth-order valence-corrected chi connectivity index (χ4v) is 2.33. The van der Waals surface area contributed by atoms with E-state index in [1.54, 1.807) is 0 Å². The molecule has 0 spiro atoms. The van der Waals surface area contributed by atoms with Crippen LogP contribution in [0.5, 0.6) is 0 Å². The minimum atomic E-state index is 0.0209. The van der Waals surface area contributed by atoms with E-state index >= 15 is 0 Å². The molecule has 96 valence electrons. The van der Waals surface area contributed by atoms with Gasteiger partial charge in [-0.25, -0.2) is 4.68 Å². The Hall–Kier alpha value is -1.13. The van der Waals surface area contributed by atoms with E-state index in [9.17, 15) is 5.11 Å². The minimum Gasteiger partial charge on any atom is -0.392 e. The van der Waals surface area contributed by atoms with Gasteiger partial charge in [-0.15, -0.1) is 0 Å². The van der Waals surface area contributed by atoms with Crippen LogP contribution in [0.3, 0.4) is 0 Å². The van der Waals surface area contributed by atoms with Crippen molar-refractivity contribution in [1.82, 2.24) is 9.78 Å². The topological polar surface area (TPSA) is 38.0 Å². The highest BCUT2D eigenvalue weighted by Gasteiger charge is 2.11. The quantitative estimate of drug-likeness (QED) is 0.941. The van der Waals surface area contributed by atoms with Gasteiger partial charge in [0, 0.05) is 15.7 Å². The molecule has 0 aliphatic carbocycles. The molecular weight excluding hydrogens is 292 g/mol. The first-order chi connectivity index (χ1) is 8.69. The van der Waals surface area contributed by atoms with Crippen molar-refractivity contribution in [2.75, 3.05) is 0 Å². The molecule has 1 heterocycles. The molecule has 4 heteroatoms. The maximum Gasteiger partial charge on any atom is 0.0715 e. The molecule has 0 saturated carbocycles. The van der Waals surface area contributed by atoms with E-state index in [0.717, 1.165) is 34.3 Å². The molecule has 0 fully saturated rings. The van der Waals surface area contributed by atoms with Gasteiger partial charge >= 0.3 is 0 Å². The maximum absolute atomic E-state index is 9.44. The average molecular weight is 309 g/mol. The van der Waals surface area contributed by atoms with Crippen molar-refractivity contribution >= 4 is 15.9 Å². The average Bonchev–Trinajstić information content (AvgIpc) is 2.81. The number of aromatic nitrogens is 2. The number of nitrogens with zero attached hydrogens (tertiary/aromatic N) is 2. The molecular formula is C14H17BrN2O. The van der Waals surface area contributed by atoms with Crippen LogP contribution in [-0.4, -0.2) is 14.9 Å². The van der Waals surface area contributed by atoms with Crippen LogP contribution in [0, 0.1) is 0 Å². The number of rotatable bonds is 4. The second-order valence-corrected chi connectivity index (χ2v) is 5.09. The molecule has 1 aromatic carbocycles. The Morgan fingerprint density at radius 3 is 2.61 bits per heavy atom. The molecule has 0 bridgehead atoms. The molecule has 0 aliphatic heterocycles. The van der Waals surface area contributed by atoms with E-state index in [2.05, 4.69) is 40.9 Å². The molecule has 0 unspecified atom stereocenters. The summed E-state index contributed by atoms with van der Waals surface area (Å²) in [7, 11) is 0. The fraction of sp³-hybridized carbons (Fsp3) is 0.357. The van der Waals surface area contributed by atoms with E-state index in [1.807, 2.05) is 22.9 Å². The van der Waals surface area contributed by atoms with Gasteiger partial charge in [0.05, 0.1) is 18.0 Å². The first-order valence-electron chi connectivity index (χ1n) is 6.17. The molecule has 0 saturated heterocycles. The van der Waals surface area contributed by atoms with Gasteiger partial charge in [-0.3, -0.25) is 0 Å². The summed E-state index contributed by atoms with van der Waals surface area (Å²) in [5, 5.41) is 14.0. The van der Waals surface area contributed by atoms with E-state index in [4.69, 9.17) is 0 Å². The summed E-state index contributed by atoms with van der Waals surface area (Å²) in [5.74, 6) is 0. The van der Waals surface area contributed by atoms with Crippen molar-refractivity contribution in [2.24, 2.45) is 0 Å². The summed E-state index contributed by atoms with van der Waals surface area (Å²) in [5.41, 5.74) is 4.08. The number of aryl methyl sites for hydroxylation is 2. The Morgan fingerprint density at radius 1 is 1.22 bits per heavy atom. The summed E-state index contributed by atoms with van der Waals surface area (Å²) < 4.78 is 2.93. The lowest BCUT2D eigenvalue weighted by atomic mass is 10.2. The van der Waals surface area contributed by atoms with Crippen molar-refractivity contribution < 1.29 is 5.11 Å². The molecule has 1 N–H and O–H groups in total. The molecule has 0 amide bonds. The van der Waals surface area contributed by atoms with Crippen LogP contribution in [0.1, 0.15) is 30.8 Å². The number of aliphatic hydroxyl groups is 1. The van der Waals surface area contributed by atoms with Crippen molar-refractivity contribution in [3.8, 4) is 5.69 Å². The molecule has 0 atom stereocenters. The van der Waals surface area contributed by atoms with Crippen LogP contribution in [0.4, 0.5) is 0 Å². The van der Waals surface area contributed by atoms with Crippen LogP contribution in [0.15, 0.2) is 28.7 Å². The van der Waals surface area contributed by atoms with Gasteiger partial charge in [0.1, 0.15) is 0 Å². The van der Waals surface area contributed by atoms with Gasteiger partial charge in [0.15, 0.2) is 0 Å². The van der Waals surface area contributed by atoms with Crippen LogP contribution in [0.25, 0.3) is 5.69 Å². The van der Waals surface area contributed by atoms with Crippen molar-refractivity contribution in [1.29, 1.82) is 0 Å². The summed E-state index contributed by atoms with van der Waals surface area (Å²) in [6, 6.07) is 7.98. The van der Waals surface area contributed by atoms with E-state index in [1.165, 1.54) is 5.69 Å². The van der Waals surface area contributed by atoms with Crippen LogP contribution in [0.2, 0.25) is 0 Å². The predicted octanol–water partition coefficient (Wildman–Crippen LogP) is 3.25. The van der Waals surface area contributed by atoms with E-state index in [-0.39, 0.29) is 6.61 Å². The second-order valence-electron chi connectivity index (χ2n) is 4.18. The Balaban J connectivity index is 2.59. The molecule has 2 rings (SSSR count). The molecule has 2 aromatic rings. The van der Waals surface area contributed by atoms with Gasteiger partial charge in [0.25, 0.3) is 0 Å². The number of aliphatic hydroxyl groups excluding tert-OH is 1. The van der Waals surface area contributed by atoms with Gasteiger partial charge in [0.2, 0.25) is 0 Å². The number of hydrogen-bond acceptors (Lipinski definition) is 2. The van der Waals surface area contributed by atoms with E-state index in [0.29, 0.717) is 0 Å². The van der Waals surface area contributed by atoms with Crippen molar-refractivity contribution in [3.63, 3.8) is 0 Å². The molecule has 3 nitrogen and oxygen atoms in total. The third-order valence-corrected chi connectivity index (χ3v) is 3.50. The van der Waals surface area contributed by atoms with Crippen LogP contribution >= 0.6 is 15.9 Å². The summed E-state index contributed by atoms with van der Waals surface area (Å²) >= 11 is 3.47. The molecule has 18 heavy (non-hydrogen) atoms. The normalized spacial score (nSPS) is 10.9. The third kappa shape index (κ3) is 2.49. The monoisotopic (exact) mass is 308 g/mol. The smallest absolute Gasteiger partial charge is 0.0715 e. The summed E-state index contributed by atoms with van der Waals surface area (Å²) in [6.45, 7) is 4.23. The number of halogens is 1. The first-order valence-corrected chi connectivity index (χ1v) is 6.96. The summed E-state index contributed by atoms with van der Waals surface area (Å²) in [6.07, 6.45) is 1.84. The first kappa shape index (κ1) is 13.3. The third-order valence-electron chi connectivity index (χ3n) is 3.00. The maximum atomic E-state index is 9.44. The fourth-order valence-electron chi connectivity index (χ4n) is 1.98. The van der Waals surface area contributed by atoms with Gasteiger partial charge in [-0.05, 0) is 31.0 Å². The highest BCUT2D eigenvalue weighted by atomic mass is 79.9. The summed E-state index contributed by atoms with van der Waals surface area (Å²) in [4.78, 5) is 0. The standard InChI is InChI=1S/C14H17BrN2O/c1-3-12-8-13(4-2)17(16-12)14-7-11(15)6-5-10(14)9-18/h5-8,18H,3-4,9H2,1-2H3. The SMILES string of the molecule is CCc1cc(CC)n(-c2cc(Br)ccc2CO)n1. The molecule has 0 radical (unpaired) electrons. The van der Waals surface area contributed by atoms with Crippen LogP contribution < -0.4 is 0 Å². The second kappa shape index (κ2) is 5.67. The molecule has 0 aliphatic rings. The number of benzene rings is 1. The lowest BCUT2D eigenvalue weighted by molar-refractivity contribution is 0.281. The van der Waals surface area contributed by atoms with Gasteiger partial charge in [-0.2, -0.15) is 5.10 Å². The minimum absolute atomic E-state index is 0.0209. The highest BCUT2D eigenvalue weighted by Crippen LogP contribution is 2.22. The van der Waals surface area contributed by atoms with Crippen LogP contribution in [-0.2, 0) is 19.4 Å². The number of hydrogen-bond donors (Lipinski definition) is 1. The largest absolute Gasteiger partial charge is 0.392 e. The predicted molar refractivity (Wildman–Crippen MR) is 75.9 cm³/mol. The Morgan fingerprint density at radius 2 is 2.00 bits per heavy atom. The van der Waals surface area contributed by atoms with Crippen molar-refractivity contribution in [2.45, 2.75) is 33.3 Å². The molecule has 1 aromatic heterocycles. The van der Waals surface area contributed by atoms with Crippen molar-refractivity contribution in [3.05, 3.63) is 45.7 Å². The lowest BCUT2D eigenvalue weighted by Gasteiger charge is -2.11. The highest BCUT2D eigenvalue weighted by molar-refractivity contribution is 9.10. The zero-order chi connectivity index (χ0) is 13.1. The zero-order valence-corrected chi connectivity index (χ0v) is 12.2. The van der Waals surface area contributed by atoms with Gasteiger partial charge < -0.3 is 5.11 Å². The zero-order valence-electron chi connectivity index (χ0n) is 10.7. The Bertz CT molecular complexity index is 549. The van der Waals surface area contributed by atoms with Gasteiger partial charge in [-0.1, -0.05) is 35.8 Å².